The molecule has 0 aliphatic carbocycles. The van der Waals surface area contributed by atoms with Gasteiger partial charge in [-0.3, -0.25) is 9.78 Å². The summed E-state index contributed by atoms with van der Waals surface area (Å²) in [7, 11) is 0. The highest BCUT2D eigenvalue weighted by Crippen LogP contribution is 2.26. The molecule has 0 aromatic carbocycles. The molecule has 0 bridgehead atoms. The third-order valence-corrected chi connectivity index (χ3v) is 1.62. The second-order valence-electron chi connectivity index (χ2n) is 2.34. The number of fused-ring (bicyclic) bond motifs is 1. The zero-order chi connectivity index (χ0) is 8.55. The van der Waals surface area contributed by atoms with E-state index in [1.54, 1.807) is 0 Å². The lowest BCUT2D eigenvalue weighted by Gasteiger charge is -1.90. The number of aromatic hydroxyl groups is 1. The van der Waals surface area contributed by atoms with E-state index in [1.165, 1.54) is 18.7 Å². The van der Waals surface area contributed by atoms with Gasteiger partial charge in [-0.1, -0.05) is 0 Å². The Labute approximate surface area is 67.4 Å². The van der Waals surface area contributed by atoms with E-state index in [9.17, 15) is 9.90 Å². The maximum Gasteiger partial charge on any atom is 0.179 e. The molecule has 0 aliphatic heterocycles. The first kappa shape index (κ1) is 6.84. The van der Waals surface area contributed by atoms with Crippen LogP contribution in [-0.2, 0) is 0 Å². The highest BCUT2D eigenvalue weighted by atomic mass is 16.3. The third-order valence-electron chi connectivity index (χ3n) is 1.62. The molecule has 60 valence electrons. The Kier molecular flexibility index (Phi) is 1.33. The maximum absolute atomic E-state index is 10.4. The first-order valence-corrected chi connectivity index (χ1v) is 3.32. The van der Waals surface area contributed by atoms with Gasteiger partial charge in [0.2, 0.25) is 0 Å². The van der Waals surface area contributed by atoms with Gasteiger partial charge in [0, 0.05) is 6.20 Å². The fourth-order valence-corrected chi connectivity index (χ4v) is 1.04. The molecule has 2 aromatic rings. The second kappa shape index (κ2) is 2.34. The molecule has 0 amide bonds. The summed E-state index contributed by atoms with van der Waals surface area (Å²) < 4.78 is 4.95. The monoisotopic (exact) mass is 163 g/mol. The van der Waals surface area contributed by atoms with Gasteiger partial charge < -0.3 is 9.52 Å². The Bertz CT molecular complexity index is 433. The van der Waals surface area contributed by atoms with Crippen LogP contribution in [0.1, 0.15) is 10.4 Å². The molecule has 0 atom stereocenters. The molecule has 0 fully saturated rings. The van der Waals surface area contributed by atoms with E-state index in [0.717, 1.165) is 0 Å². The molecule has 0 saturated carbocycles. The van der Waals surface area contributed by atoms with Gasteiger partial charge in [0.15, 0.2) is 17.6 Å². The summed E-state index contributed by atoms with van der Waals surface area (Å²) in [5, 5.41) is 9.74. The number of nitrogens with zero attached hydrogens (tertiary/aromatic N) is 1. The molecule has 12 heavy (non-hydrogen) atoms. The largest absolute Gasteiger partial charge is 0.503 e. The number of pyridine rings is 1. The summed E-state index contributed by atoms with van der Waals surface area (Å²) in [5.74, 6) is -0.0550. The van der Waals surface area contributed by atoms with Crippen molar-refractivity contribution in [2.75, 3.05) is 0 Å². The highest BCUT2D eigenvalue weighted by Gasteiger charge is 2.07. The van der Waals surface area contributed by atoms with Crippen LogP contribution in [0.3, 0.4) is 0 Å². The lowest BCUT2D eigenvalue weighted by Crippen LogP contribution is -1.76. The van der Waals surface area contributed by atoms with Crippen LogP contribution in [0.15, 0.2) is 23.1 Å². The number of hydrogen-bond acceptors (Lipinski definition) is 4. The minimum atomic E-state index is -0.0550. The summed E-state index contributed by atoms with van der Waals surface area (Å²) in [4.78, 5) is 14.1. The predicted molar refractivity (Wildman–Crippen MR) is 41.1 cm³/mol. The van der Waals surface area contributed by atoms with Crippen molar-refractivity contribution in [1.29, 1.82) is 0 Å². The smallest absolute Gasteiger partial charge is 0.179 e. The maximum atomic E-state index is 10.4. The molecule has 0 spiro atoms. The molecule has 2 aromatic heterocycles. The first-order chi connectivity index (χ1) is 5.83. The fraction of sp³-hybridized carbons (Fsp3) is 0. The average molecular weight is 163 g/mol. The zero-order valence-corrected chi connectivity index (χ0v) is 6.02. The van der Waals surface area contributed by atoms with Crippen LogP contribution in [-0.4, -0.2) is 16.4 Å². The van der Waals surface area contributed by atoms with E-state index in [0.29, 0.717) is 22.8 Å². The average Bonchev–Trinajstić information content (AvgIpc) is 2.49. The quantitative estimate of drug-likeness (QED) is 0.644. The summed E-state index contributed by atoms with van der Waals surface area (Å²) in [6, 6.07) is 0. The summed E-state index contributed by atoms with van der Waals surface area (Å²) in [6.07, 6.45) is 4.69. The Morgan fingerprint density at radius 2 is 2.33 bits per heavy atom. The van der Waals surface area contributed by atoms with Crippen molar-refractivity contribution in [3.8, 4) is 5.75 Å². The SMILES string of the molecule is O=Cc1coc2c(O)cncc12. The molecular formula is C8H5NO3. The van der Waals surface area contributed by atoms with Crippen LogP contribution >= 0.6 is 0 Å². The molecule has 0 aliphatic rings. The lowest BCUT2D eigenvalue weighted by atomic mass is 10.2. The third kappa shape index (κ3) is 0.780. The van der Waals surface area contributed by atoms with Gasteiger partial charge in [0.1, 0.15) is 6.26 Å². The van der Waals surface area contributed by atoms with Gasteiger partial charge in [0.25, 0.3) is 0 Å². The Hall–Kier alpha value is -1.84. The van der Waals surface area contributed by atoms with Crippen LogP contribution in [0, 0.1) is 0 Å². The van der Waals surface area contributed by atoms with Crippen LogP contribution in [0.2, 0.25) is 0 Å². The Balaban J connectivity index is 2.88. The highest BCUT2D eigenvalue weighted by molar-refractivity contribution is 5.97. The topological polar surface area (TPSA) is 63.3 Å². The normalized spacial score (nSPS) is 10.3. The number of aromatic nitrogens is 1. The summed E-state index contributed by atoms with van der Waals surface area (Å²) >= 11 is 0. The number of hydrogen-bond donors (Lipinski definition) is 1. The van der Waals surface area contributed by atoms with Crippen LogP contribution < -0.4 is 0 Å². The predicted octanol–water partition coefficient (Wildman–Crippen LogP) is 1.35. The Morgan fingerprint density at radius 1 is 1.50 bits per heavy atom. The van der Waals surface area contributed by atoms with Crippen LogP contribution in [0.4, 0.5) is 0 Å². The number of carbonyl (C=O) groups is 1. The van der Waals surface area contributed by atoms with Crippen molar-refractivity contribution in [2.24, 2.45) is 0 Å². The van der Waals surface area contributed by atoms with E-state index in [4.69, 9.17) is 4.42 Å². The lowest BCUT2D eigenvalue weighted by molar-refractivity contribution is 0.112. The first-order valence-electron chi connectivity index (χ1n) is 3.32. The molecule has 0 radical (unpaired) electrons. The second-order valence-corrected chi connectivity index (χ2v) is 2.34. The van der Waals surface area contributed by atoms with Crippen molar-refractivity contribution in [1.82, 2.24) is 4.98 Å². The standard InChI is InChI=1S/C8H5NO3/c10-3-5-4-12-8-6(5)1-9-2-7(8)11/h1-4,11H. The van der Waals surface area contributed by atoms with Crippen molar-refractivity contribution < 1.29 is 14.3 Å². The minimum Gasteiger partial charge on any atom is -0.503 e. The van der Waals surface area contributed by atoms with E-state index in [2.05, 4.69) is 4.98 Å². The fourth-order valence-electron chi connectivity index (χ4n) is 1.04. The van der Waals surface area contributed by atoms with Crippen molar-refractivity contribution in [2.45, 2.75) is 0 Å². The molecule has 2 rings (SSSR count). The van der Waals surface area contributed by atoms with Crippen LogP contribution in [0.5, 0.6) is 5.75 Å². The van der Waals surface area contributed by atoms with Crippen molar-refractivity contribution in [3.63, 3.8) is 0 Å². The van der Waals surface area contributed by atoms with Gasteiger partial charge in [-0.15, -0.1) is 0 Å². The summed E-state index contributed by atoms with van der Waals surface area (Å²) in [6.45, 7) is 0. The summed E-state index contributed by atoms with van der Waals surface area (Å²) in [5.41, 5.74) is 0.695. The molecule has 4 heteroatoms. The zero-order valence-electron chi connectivity index (χ0n) is 6.02. The van der Waals surface area contributed by atoms with Gasteiger partial charge in [0.05, 0.1) is 17.1 Å². The van der Waals surface area contributed by atoms with E-state index >= 15 is 0 Å². The molecule has 4 nitrogen and oxygen atoms in total. The van der Waals surface area contributed by atoms with E-state index in [1.807, 2.05) is 0 Å². The van der Waals surface area contributed by atoms with Gasteiger partial charge in [-0.25, -0.2) is 0 Å². The van der Waals surface area contributed by atoms with Crippen molar-refractivity contribution in [3.05, 3.63) is 24.2 Å². The molecule has 1 N–H and O–H groups in total. The van der Waals surface area contributed by atoms with Gasteiger partial charge in [-0.2, -0.15) is 0 Å². The molecule has 0 saturated heterocycles. The number of aldehydes is 1. The Morgan fingerprint density at radius 3 is 3.08 bits per heavy atom. The van der Waals surface area contributed by atoms with Crippen molar-refractivity contribution >= 4 is 17.3 Å². The van der Waals surface area contributed by atoms with Crippen LogP contribution in [0.25, 0.3) is 11.0 Å². The molecule has 0 unspecified atom stereocenters. The number of rotatable bonds is 1. The number of furan rings is 1. The number of carbonyl (C=O) groups excluding carboxylic acids is 1. The van der Waals surface area contributed by atoms with E-state index in [-0.39, 0.29) is 5.75 Å². The van der Waals surface area contributed by atoms with Gasteiger partial charge >= 0.3 is 0 Å². The molecular weight excluding hydrogens is 158 g/mol. The minimum absolute atomic E-state index is 0.0550. The van der Waals surface area contributed by atoms with Gasteiger partial charge in [-0.05, 0) is 0 Å². The molecule has 2 heterocycles. The van der Waals surface area contributed by atoms with E-state index < -0.39 is 0 Å².